The monoisotopic (exact) mass is 486 g/mol. The van der Waals surface area contributed by atoms with Crippen LogP contribution in [-0.4, -0.2) is 45.5 Å². The summed E-state index contributed by atoms with van der Waals surface area (Å²) in [7, 11) is -3.57. The van der Waals surface area contributed by atoms with Crippen molar-refractivity contribution in [2.45, 2.75) is 25.2 Å². The first-order valence-electron chi connectivity index (χ1n) is 9.26. The zero-order valence-electron chi connectivity index (χ0n) is 16.0. The molecule has 0 N–H and O–H groups in total. The molecular formula is C20H24BrClN2O3S. The molecule has 1 heterocycles. The molecule has 0 aromatic heterocycles. The molecule has 0 amide bonds. The third kappa shape index (κ3) is 4.64. The number of piperazine rings is 1. The molecule has 0 atom stereocenters. The summed E-state index contributed by atoms with van der Waals surface area (Å²) in [6.45, 7) is 6.61. The Balaban J connectivity index is 1.73. The third-order valence-corrected chi connectivity index (χ3v) is 7.72. The zero-order valence-corrected chi connectivity index (χ0v) is 19.1. The molecule has 3 rings (SSSR count). The Labute approximate surface area is 180 Å². The van der Waals surface area contributed by atoms with E-state index in [1.54, 1.807) is 18.2 Å². The van der Waals surface area contributed by atoms with Gasteiger partial charge in [-0.05, 0) is 59.1 Å². The van der Waals surface area contributed by atoms with Gasteiger partial charge in [0.05, 0.1) is 16.0 Å². The van der Waals surface area contributed by atoms with Crippen molar-refractivity contribution in [3.8, 4) is 5.75 Å². The molecule has 0 bridgehead atoms. The van der Waals surface area contributed by atoms with Gasteiger partial charge in [0, 0.05) is 43.0 Å². The van der Waals surface area contributed by atoms with Gasteiger partial charge in [-0.1, -0.05) is 24.6 Å². The fourth-order valence-corrected chi connectivity index (χ4v) is 5.05. The highest BCUT2D eigenvalue weighted by Gasteiger charge is 2.29. The fourth-order valence-electron chi connectivity index (χ4n) is 3.08. The predicted octanol–water partition coefficient (Wildman–Crippen LogP) is 4.71. The van der Waals surface area contributed by atoms with E-state index in [1.807, 2.05) is 32.0 Å². The van der Waals surface area contributed by atoms with E-state index in [1.165, 1.54) is 4.31 Å². The second-order valence-corrected chi connectivity index (χ2v) is 9.96. The van der Waals surface area contributed by atoms with Gasteiger partial charge in [-0.15, -0.1) is 0 Å². The number of rotatable bonds is 6. The minimum absolute atomic E-state index is 0.258. The molecule has 0 spiro atoms. The molecule has 8 heteroatoms. The number of aryl methyl sites for hydroxylation is 1. The maximum atomic E-state index is 13.1. The van der Waals surface area contributed by atoms with Crippen molar-refractivity contribution in [3.63, 3.8) is 0 Å². The van der Waals surface area contributed by atoms with Crippen LogP contribution in [0, 0.1) is 6.92 Å². The molecule has 0 unspecified atom stereocenters. The van der Waals surface area contributed by atoms with Crippen LogP contribution < -0.4 is 9.64 Å². The Morgan fingerprint density at radius 1 is 1.11 bits per heavy atom. The van der Waals surface area contributed by atoms with E-state index in [4.69, 9.17) is 16.3 Å². The van der Waals surface area contributed by atoms with Gasteiger partial charge in [0.2, 0.25) is 10.0 Å². The molecular weight excluding hydrogens is 464 g/mol. The van der Waals surface area contributed by atoms with Gasteiger partial charge in [-0.25, -0.2) is 8.42 Å². The van der Waals surface area contributed by atoms with E-state index in [0.717, 1.165) is 27.2 Å². The first-order valence-corrected chi connectivity index (χ1v) is 11.9. The minimum Gasteiger partial charge on any atom is -0.492 e. The van der Waals surface area contributed by atoms with Gasteiger partial charge < -0.3 is 9.64 Å². The van der Waals surface area contributed by atoms with Crippen LogP contribution >= 0.6 is 27.5 Å². The molecule has 2 aromatic carbocycles. The topological polar surface area (TPSA) is 49.9 Å². The SMILES string of the molecule is CCCOc1cc(S(=O)(=O)N2CCN(c3ccc(C)c(Cl)c3)CC2)ccc1Br. The standard InChI is InChI=1S/C20H24BrClN2O3S/c1-3-12-27-20-14-17(6-7-18(20)21)28(25,26)24-10-8-23(9-11-24)16-5-4-15(2)19(22)13-16/h4-7,13-14H,3,8-12H2,1-2H3. The molecule has 2 aromatic rings. The highest BCUT2D eigenvalue weighted by molar-refractivity contribution is 9.10. The van der Waals surface area contributed by atoms with Gasteiger partial charge in [0.15, 0.2) is 0 Å². The van der Waals surface area contributed by atoms with Crippen LogP contribution in [0.15, 0.2) is 45.8 Å². The van der Waals surface area contributed by atoms with Crippen LogP contribution in [0.1, 0.15) is 18.9 Å². The molecule has 1 saturated heterocycles. The number of anilines is 1. The van der Waals surface area contributed by atoms with Crippen LogP contribution in [0.5, 0.6) is 5.75 Å². The highest BCUT2D eigenvalue weighted by atomic mass is 79.9. The van der Waals surface area contributed by atoms with E-state index >= 15 is 0 Å². The lowest BCUT2D eigenvalue weighted by molar-refractivity contribution is 0.314. The smallest absolute Gasteiger partial charge is 0.243 e. The van der Waals surface area contributed by atoms with Gasteiger partial charge in [0.25, 0.3) is 0 Å². The van der Waals surface area contributed by atoms with Crippen LogP contribution in [0.25, 0.3) is 0 Å². The molecule has 28 heavy (non-hydrogen) atoms. The summed E-state index contributed by atoms with van der Waals surface area (Å²) in [5.41, 5.74) is 2.05. The first kappa shape index (κ1) is 21.4. The average Bonchev–Trinajstić information content (AvgIpc) is 2.69. The van der Waals surface area contributed by atoms with E-state index in [-0.39, 0.29) is 4.90 Å². The Kier molecular flexibility index (Phi) is 6.91. The molecule has 1 aliphatic heterocycles. The average molecular weight is 488 g/mol. The van der Waals surface area contributed by atoms with Crippen LogP contribution in [-0.2, 0) is 10.0 Å². The molecule has 5 nitrogen and oxygen atoms in total. The van der Waals surface area contributed by atoms with Crippen molar-refractivity contribution < 1.29 is 13.2 Å². The van der Waals surface area contributed by atoms with E-state index in [9.17, 15) is 8.42 Å². The summed E-state index contributed by atoms with van der Waals surface area (Å²) in [6, 6.07) is 10.9. The van der Waals surface area contributed by atoms with Gasteiger partial charge in [0.1, 0.15) is 5.75 Å². The Hall–Kier alpha value is -1.28. The lowest BCUT2D eigenvalue weighted by atomic mass is 10.2. The van der Waals surface area contributed by atoms with Gasteiger partial charge in [-0.2, -0.15) is 4.31 Å². The normalized spacial score (nSPS) is 15.6. The number of halogens is 2. The zero-order chi connectivity index (χ0) is 20.3. The maximum Gasteiger partial charge on any atom is 0.243 e. The summed E-state index contributed by atoms with van der Waals surface area (Å²) < 4.78 is 34.1. The number of nitrogens with zero attached hydrogens (tertiary/aromatic N) is 2. The lowest BCUT2D eigenvalue weighted by Crippen LogP contribution is -2.48. The summed E-state index contributed by atoms with van der Waals surface area (Å²) >= 11 is 9.65. The summed E-state index contributed by atoms with van der Waals surface area (Å²) in [6.07, 6.45) is 0.856. The largest absolute Gasteiger partial charge is 0.492 e. The quantitative estimate of drug-likeness (QED) is 0.592. The number of benzene rings is 2. The number of ether oxygens (including phenoxy) is 1. The second kappa shape index (κ2) is 9.03. The Morgan fingerprint density at radius 2 is 1.82 bits per heavy atom. The summed E-state index contributed by atoms with van der Waals surface area (Å²) in [4.78, 5) is 2.42. The maximum absolute atomic E-state index is 13.1. The van der Waals surface area contributed by atoms with E-state index in [2.05, 4.69) is 20.8 Å². The molecule has 0 saturated carbocycles. The number of hydrogen-bond acceptors (Lipinski definition) is 4. The van der Waals surface area contributed by atoms with Crippen LogP contribution in [0.3, 0.4) is 0 Å². The minimum atomic E-state index is -3.57. The number of hydrogen-bond donors (Lipinski definition) is 0. The first-order chi connectivity index (χ1) is 13.3. The van der Waals surface area contributed by atoms with Gasteiger partial charge in [-0.3, -0.25) is 0 Å². The lowest BCUT2D eigenvalue weighted by Gasteiger charge is -2.35. The molecule has 152 valence electrons. The molecule has 1 aliphatic rings. The van der Waals surface area contributed by atoms with Crippen LogP contribution in [0.2, 0.25) is 5.02 Å². The van der Waals surface area contributed by atoms with Crippen molar-refractivity contribution in [3.05, 3.63) is 51.5 Å². The van der Waals surface area contributed by atoms with Crippen molar-refractivity contribution in [1.29, 1.82) is 0 Å². The van der Waals surface area contributed by atoms with Crippen molar-refractivity contribution in [2.75, 3.05) is 37.7 Å². The van der Waals surface area contributed by atoms with Crippen molar-refractivity contribution in [1.82, 2.24) is 4.31 Å². The van der Waals surface area contributed by atoms with E-state index < -0.39 is 10.0 Å². The summed E-state index contributed by atoms with van der Waals surface area (Å²) in [5.74, 6) is 0.552. The summed E-state index contributed by atoms with van der Waals surface area (Å²) in [5, 5.41) is 0.724. The highest BCUT2D eigenvalue weighted by Crippen LogP contribution is 2.30. The molecule has 1 fully saturated rings. The second-order valence-electron chi connectivity index (χ2n) is 6.77. The van der Waals surface area contributed by atoms with Crippen molar-refractivity contribution in [2.24, 2.45) is 0 Å². The fraction of sp³-hybridized carbons (Fsp3) is 0.400. The Morgan fingerprint density at radius 3 is 2.46 bits per heavy atom. The molecule has 0 radical (unpaired) electrons. The third-order valence-electron chi connectivity index (χ3n) is 4.76. The molecule has 0 aliphatic carbocycles. The Bertz CT molecular complexity index is 944. The van der Waals surface area contributed by atoms with Crippen LogP contribution in [0.4, 0.5) is 5.69 Å². The van der Waals surface area contributed by atoms with E-state index in [0.29, 0.717) is 38.5 Å². The van der Waals surface area contributed by atoms with Gasteiger partial charge >= 0.3 is 0 Å². The van der Waals surface area contributed by atoms with Crippen molar-refractivity contribution >= 4 is 43.2 Å². The number of sulfonamides is 1. The predicted molar refractivity (Wildman–Crippen MR) is 117 cm³/mol.